The highest BCUT2D eigenvalue weighted by Gasteiger charge is 2.37. The minimum Gasteiger partial charge on any atom is -0.478 e. The van der Waals surface area contributed by atoms with Gasteiger partial charge >= 0.3 is 6.18 Å². The number of alkyl halides is 3. The summed E-state index contributed by atoms with van der Waals surface area (Å²) in [4.78, 5) is 3.70. The maximum atomic E-state index is 12.2. The Kier molecular flexibility index (Phi) is 5.53. The maximum Gasteiger partial charge on any atom is 0.407 e. The molecule has 0 bridgehead atoms. The highest BCUT2D eigenvalue weighted by Crippen LogP contribution is 2.30. The van der Waals surface area contributed by atoms with E-state index in [0.29, 0.717) is 6.61 Å². The minimum atomic E-state index is -4.45. The molecule has 0 amide bonds. The van der Waals surface area contributed by atoms with Crippen molar-refractivity contribution in [2.24, 2.45) is 5.73 Å². The van der Waals surface area contributed by atoms with E-state index in [1.807, 2.05) is 0 Å². The molecule has 16 heavy (non-hydrogen) atoms. The van der Waals surface area contributed by atoms with Crippen LogP contribution in [0.25, 0.3) is 0 Å². The van der Waals surface area contributed by atoms with Gasteiger partial charge in [0.2, 0.25) is 5.88 Å². The van der Waals surface area contributed by atoms with E-state index in [-0.39, 0.29) is 23.9 Å². The molecule has 0 fully saturated rings. The second-order valence-corrected chi connectivity index (χ2v) is 2.88. The first kappa shape index (κ1) is 15.0. The third kappa shape index (κ3) is 3.86. The van der Waals surface area contributed by atoms with Crippen molar-refractivity contribution in [1.82, 2.24) is 4.98 Å². The van der Waals surface area contributed by atoms with Crippen LogP contribution in [-0.4, -0.2) is 17.8 Å². The summed E-state index contributed by atoms with van der Waals surface area (Å²) in [6.07, 6.45) is -3.38. The number of nitrogens with zero attached hydrogens (tertiary/aromatic N) is 1. The molecular formula is C9H12ClF3N2O. The van der Waals surface area contributed by atoms with Gasteiger partial charge in [-0.15, -0.1) is 12.4 Å². The first-order valence-electron chi connectivity index (χ1n) is 4.36. The first-order valence-corrected chi connectivity index (χ1v) is 4.36. The van der Waals surface area contributed by atoms with Crippen LogP contribution in [0.3, 0.4) is 0 Å². The Morgan fingerprint density at radius 3 is 2.44 bits per heavy atom. The second-order valence-electron chi connectivity index (χ2n) is 2.88. The number of rotatable bonds is 3. The molecule has 7 heteroatoms. The molecule has 0 spiro atoms. The predicted octanol–water partition coefficient (Wildman–Crippen LogP) is 2.46. The van der Waals surface area contributed by atoms with Gasteiger partial charge in [-0.25, -0.2) is 4.98 Å². The topological polar surface area (TPSA) is 48.1 Å². The van der Waals surface area contributed by atoms with E-state index in [1.165, 1.54) is 12.1 Å². The molecule has 0 unspecified atom stereocenters. The lowest BCUT2D eigenvalue weighted by Gasteiger charge is -2.15. The quantitative estimate of drug-likeness (QED) is 0.904. The normalized spacial score (nSPS) is 12.8. The Labute approximate surface area is 97.2 Å². The Balaban J connectivity index is 0.00000225. The molecule has 1 aromatic rings. The maximum absolute atomic E-state index is 12.2. The minimum absolute atomic E-state index is 0. The number of hydrogen-bond acceptors (Lipinski definition) is 3. The lowest BCUT2D eigenvalue weighted by molar-refractivity contribution is -0.149. The summed E-state index contributed by atoms with van der Waals surface area (Å²) in [5.41, 5.74) is 4.91. The average molecular weight is 257 g/mol. The van der Waals surface area contributed by atoms with Crippen molar-refractivity contribution in [1.29, 1.82) is 0 Å². The van der Waals surface area contributed by atoms with Crippen molar-refractivity contribution in [3.05, 3.63) is 23.9 Å². The Morgan fingerprint density at radius 2 is 2.06 bits per heavy atom. The van der Waals surface area contributed by atoms with Crippen LogP contribution in [0.15, 0.2) is 18.3 Å². The van der Waals surface area contributed by atoms with Gasteiger partial charge in [-0.05, 0) is 12.5 Å². The van der Waals surface area contributed by atoms with Gasteiger partial charge in [0.05, 0.1) is 6.61 Å². The summed E-state index contributed by atoms with van der Waals surface area (Å²) in [6, 6.07) is 0.626. The van der Waals surface area contributed by atoms with E-state index in [9.17, 15) is 13.2 Å². The monoisotopic (exact) mass is 256 g/mol. The third-order valence-electron chi connectivity index (χ3n) is 1.76. The molecule has 1 atom stereocenters. The number of nitrogens with two attached hydrogens (primary N) is 1. The van der Waals surface area contributed by atoms with Gasteiger partial charge in [0.1, 0.15) is 6.04 Å². The van der Waals surface area contributed by atoms with E-state index in [2.05, 4.69) is 4.98 Å². The number of hydrogen-bond donors (Lipinski definition) is 1. The van der Waals surface area contributed by atoms with E-state index in [1.54, 1.807) is 6.92 Å². The fourth-order valence-corrected chi connectivity index (χ4v) is 0.998. The second kappa shape index (κ2) is 5.91. The van der Waals surface area contributed by atoms with Crippen LogP contribution in [0.4, 0.5) is 13.2 Å². The van der Waals surface area contributed by atoms with Gasteiger partial charge in [0, 0.05) is 12.3 Å². The summed E-state index contributed by atoms with van der Waals surface area (Å²) < 4.78 is 41.6. The van der Waals surface area contributed by atoms with Gasteiger partial charge < -0.3 is 10.5 Å². The van der Waals surface area contributed by atoms with Gasteiger partial charge in [-0.3, -0.25) is 0 Å². The molecule has 0 aliphatic rings. The van der Waals surface area contributed by atoms with E-state index >= 15 is 0 Å². The zero-order valence-corrected chi connectivity index (χ0v) is 9.31. The van der Waals surface area contributed by atoms with Crippen LogP contribution >= 0.6 is 12.4 Å². The zero-order valence-electron chi connectivity index (χ0n) is 8.49. The molecule has 0 saturated carbocycles. The lowest BCUT2D eigenvalue weighted by atomic mass is 10.1. The van der Waals surface area contributed by atoms with E-state index in [4.69, 9.17) is 10.5 Å². The van der Waals surface area contributed by atoms with Crippen molar-refractivity contribution in [2.45, 2.75) is 19.1 Å². The molecule has 0 aliphatic carbocycles. The molecule has 0 aliphatic heterocycles. The number of ether oxygens (including phenoxy) is 1. The van der Waals surface area contributed by atoms with Crippen molar-refractivity contribution in [3.8, 4) is 5.88 Å². The van der Waals surface area contributed by atoms with Gasteiger partial charge in [0.25, 0.3) is 0 Å². The fraction of sp³-hybridized carbons (Fsp3) is 0.444. The fourth-order valence-electron chi connectivity index (χ4n) is 0.998. The summed E-state index contributed by atoms with van der Waals surface area (Å²) in [5.74, 6) is 0.288. The van der Waals surface area contributed by atoms with Crippen LogP contribution in [0.1, 0.15) is 18.5 Å². The third-order valence-corrected chi connectivity index (χ3v) is 1.76. The lowest BCUT2D eigenvalue weighted by Crippen LogP contribution is -2.28. The molecule has 1 heterocycles. The largest absolute Gasteiger partial charge is 0.478 e. The molecule has 2 N–H and O–H groups in total. The predicted molar refractivity (Wildman–Crippen MR) is 55.6 cm³/mol. The van der Waals surface area contributed by atoms with Crippen molar-refractivity contribution in [3.63, 3.8) is 0 Å². The van der Waals surface area contributed by atoms with Gasteiger partial charge in [-0.1, -0.05) is 6.07 Å². The van der Waals surface area contributed by atoms with E-state index in [0.717, 1.165) is 6.20 Å². The Morgan fingerprint density at radius 1 is 1.44 bits per heavy atom. The molecule has 0 saturated heterocycles. The number of aromatic nitrogens is 1. The molecular weight excluding hydrogens is 245 g/mol. The van der Waals surface area contributed by atoms with Crippen LogP contribution in [0.2, 0.25) is 0 Å². The average Bonchev–Trinajstić information content (AvgIpc) is 2.17. The van der Waals surface area contributed by atoms with Crippen LogP contribution in [0.5, 0.6) is 5.88 Å². The molecule has 0 aromatic carbocycles. The summed E-state index contributed by atoms with van der Waals surface area (Å²) >= 11 is 0. The standard InChI is InChI=1S/C9H11F3N2O.ClH/c1-2-15-7-4-3-6(5-14-7)8(13)9(10,11)12;/h3-5,8H,2,13H2,1H3;1H/t8-;/m1./s1. The highest BCUT2D eigenvalue weighted by molar-refractivity contribution is 5.85. The molecule has 1 aromatic heterocycles. The van der Waals surface area contributed by atoms with E-state index < -0.39 is 12.2 Å². The summed E-state index contributed by atoms with van der Waals surface area (Å²) in [6.45, 7) is 2.18. The Bertz CT molecular complexity index is 316. The van der Waals surface area contributed by atoms with Crippen LogP contribution < -0.4 is 10.5 Å². The van der Waals surface area contributed by atoms with Crippen LogP contribution in [0, 0.1) is 0 Å². The summed E-state index contributed by atoms with van der Waals surface area (Å²) in [5, 5.41) is 0. The SMILES string of the molecule is CCOc1ccc([C@@H](N)C(F)(F)F)cn1.Cl. The van der Waals surface area contributed by atoms with Crippen molar-refractivity contribution < 1.29 is 17.9 Å². The molecule has 0 radical (unpaired) electrons. The smallest absolute Gasteiger partial charge is 0.407 e. The van der Waals surface area contributed by atoms with Crippen LogP contribution in [-0.2, 0) is 0 Å². The van der Waals surface area contributed by atoms with Crippen molar-refractivity contribution in [2.75, 3.05) is 6.61 Å². The molecule has 1 rings (SSSR count). The highest BCUT2D eigenvalue weighted by atomic mass is 35.5. The number of halogens is 4. The Hall–Kier alpha value is -1.01. The first-order chi connectivity index (χ1) is 6.95. The molecule has 3 nitrogen and oxygen atoms in total. The van der Waals surface area contributed by atoms with Gasteiger partial charge in [0.15, 0.2) is 0 Å². The number of pyridine rings is 1. The zero-order chi connectivity index (χ0) is 11.5. The van der Waals surface area contributed by atoms with Gasteiger partial charge in [-0.2, -0.15) is 13.2 Å². The van der Waals surface area contributed by atoms with Crippen molar-refractivity contribution >= 4 is 12.4 Å². The summed E-state index contributed by atoms with van der Waals surface area (Å²) in [7, 11) is 0. The molecule has 92 valence electrons.